The van der Waals surface area contributed by atoms with Gasteiger partial charge in [-0.3, -0.25) is 9.48 Å². The Bertz CT molecular complexity index is 588. The van der Waals surface area contributed by atoms with Crippen LogP contribution in [0.25, 0.3) is 0 Å². The second-order valence-electron chi connectivity index (χ2n) is 4.92. The van der Waals surface area contributed by atoms with E-state index >= 15 is 0 Å². The summed E-state index contributed by atoms with van der Waals surface area (Å²) in [6, 6.07) is 5.49. The average molecular weight is 293 g/mol. The fourth-order valence-corrected chi connectivity index (χ4v) is 2.77. The van der Waals surface area contributed by atoms with Gasteiger partial charge in [-0.25, -0.2) is 0 Å². The Hall–Kier alpha value is -1.66. The van der Waals surface area contributed by atoms with Crippen LogP contribution in [0.3, 0.4) is 0 Å². The van der Waals surface area contributed by atoms with Gasteiger partial charge in [0, 0.05) is 11.4 Å². The van der Waals surface area contributed by atoms with Crippen molar-refractivity contribution in [1.29, 1.82) is 0 Å². The first-order valence-corrected chi connectivity index (χ1v) is 7.41. The SMILES string of the molecule is CCn1nc(C)cc1C(=O)NCC(C)(O)c1cccs1. The van der Waals surface area contributed by atoms with Crippen molar-refractivity contribution in [3.8, 4) is 0 Å². The quantitative estimate of drug-likeness (QED) is 0.885. The molecule has 1 atom stereocenters. The standard InChI is InChI=1S/C14H19N3O2S/c1-4-17-11(8-10(2)16-17)13(18)15-9-14(3,19)12-6-5-7-20-12/h5-8,19H,4,9H2,1-3H3,(H,15,18). The van der Waals surface area contributed by atoms with Crippen molar-refractivity contribution in [3.05, 3.63) is 39.8 Å². The summed E-state index contributed by atoms with van der Waals surface area (Å²) in [5, 5.41) is 19.3. The lowest BCUT2D eigenvalue weighted by Crippen LogP contribution is -2.38. The molecule has 5 nitrogen and oxygen atoms in total. The molecule has 1 unspecified atom stereocenters. The van der Waals surface area contributed by atoms with Gasteiger partial charge in [-0.15, -0.1) is 11.3 Å². The number of aryl methyl sites for hydroxylation is 2. The Balaban J connectivity index is 2.05. The van der Waals surface area contributed by atoms with E-state index in [0.717, 1.165) is 10.6 Å². The molecular weight excluding hydrogens is 274 g/mol. The number of aliphatic hydroxyl groups is 1. The highest BCUT2D eigenvalue weighted by molar-refractivity contribution is 7.10. The second kappa shape index (κ2) is 5.76. The minimum absolute atomic E-state index is 0.167. The monoisotopic (exact) mass is 293 g/mol. The Labute approximate surface area is 122 Å². The third-order valence-corrected chi connectivity index (χ3v) is 4.20. The lowest BCUT2D eigenvalue weighted by molar-refractivity contribution is 0.0553. The van der Waals surface area contributed by atoms with Gasteiger partial charge in [0.25, 0.3) is 5.91 Å². The predicted octanol–water partition coefficient (Wildman–Crippen LogP) is 1.91. The number of aromatic nitrogens is 2. The van der Waals surface area contributed by atoms with E-state index in [4.69, 9.17) is 0 Å². The molecule has 2 aromatic rings. The number of carbonyl (C=O) groups is 1. The van der Waals surface area contributed by atoms with Crippen molar-refractivity contribution in [2.45, 2.75) is 32.9 Å². The molecule has 0 radical (unpaired) electrons. The number of hydrogen-bond acceptors (Lipinski definition) is 4. The molecule has 0 aliphatic heterocycles. The van der Waals surface area contributed by atoms with Gasteiger partial charge in [0.2, 0.25) is 0 Å². The van der Waals surface area contributed by atoms with E-state index < -0.39 is 5.60 Å². The second-order valence-corrected chi connectivity index (χ2v) is 5.87. The summed E-state index contributed by atoms with van der Waals surface area (Å²) in [6.07, 6.45) is 0. The molecule has 1 amide bonds. The number of hydrogen-bond donors (Lipinski definition) is 2. The lowest BCUT2D eigenvalue weighted by atomic mass is 10.1. The summed E-state index contributed by atoms with van der Waals surface area (Å²) in [5.41, 5.74) is 0.268. The van der Waals surface area contributed by atoms with Crippen LogP contribution in [0, 0.1) is 6.92 Å². The molecule has 6 heteroatoms. The molecule has 2 heterocycles. The normalized spacial score (nSPS) is 14.0. The molecule has 2 N–H and O–H groups in total. The van der Waals surface area contributed by atoms with Crippen LogP contribution in [-0.4, -0.2) is 27.3 Å². The summed E-state index contributed by atoms with van der Waals surface area (Å²) in [4.78, 5) is 13.0. The summed E-state index contributed by atoms with van der Waals surface area (Å²) < 4.78 is 1.66. The van der Waals surface area contributed by atoms with Crippen molar-refractivity contribution in [3.63, 3.8) is 0 Å². The van der Waals surface area contributed by atoms with E-state index in [9.17, 15) is 9.90 Å². The number of thiophene rings is 1. The van der Waals surface area contributed by atoms with E-state index in [2.05, 4.69) is 10.4 Å². The number of rotatable bonds is 5. The maximum atomic E-state index is 12.2. The van der Waals surface area contributed by atoms with E-state index in [-0.39, 0.29) is 12.5 Å². The molecule has 0 fully saturated rings. The first-order chi connectivity index (χ1) is 9.44. The van der Waals surface area contributed by atoms with Crippen LogP contribution in [-0.2, 0) is 12.1 Å². The van der Waals surface area contributed by atoms with Gasteiger partial charge in [0.15, 0.2) is 0 Å². The van der Waals surface area contributed by atoms with Crippen molar-refractivity contribution < 1.29 is 9.90 Å². The van der Waals surface area contributed by atoms with Gasteiger partial charge in [0.1, 0.15) is 11.3 Å². The van der Waals surface area contributed by atoms with Gasteiger partial charge in [0.05, 0.1) is 12.2 Å². The highest BCUT2D eigenvalue weighted by Crippen LogP contribution is 2.24. The van der Waals surface area contributed by atoms with Crippen molar-refractivity contribution in [2.75, 3.05) is 6.54 Å². The molecular formula is C14H19N3O2S. The zero-order valence-corrected chi connectivity index (χ0v) is 12.7. The van der Waals surface area contributed by atoms with Crippen LogP contribution in [0.15, 0.2) is 23.6 Å². The van der Waals surface area contributed by atoms with Crippen LogP contribution in [0.5, 0.6) is 0 Å². The molecule has 0 bridgehead atoms. The van der Waals surface area contributed by atoms with Gasteiger partial charge < -0.3 is 10.4 Å². The van der Waals surface area contributed by atoms with Crippen LogP contribution >= 0.6 is 11.3 Å². The molecule has 2 rings (SSSR count). The molecule has 2 aromatic heterocycles. The molecule has 20 heavy (non-hydrogen) atoms. The average Bonchev–Trinajstić information content (AvgIpc) is 3.05. The Morgan fingerprint density at radius 3 is 2.95 bits per heavy atom. The van der Waals surface area contributed by atoms with Crippen molar-refractivity contribution >= 4 is 17.2 Å². The third kappa shape index (κ3) is 3.08. The van der Waals surface area contributed by atoms with E-state index in [1.807, 2.05) is 31.4 Å². The van der Waals surface area contributed by atoms with Crippen molar-refractivity contribution in [2.24, 2.45) is 0 Å². The molecule has 0 aromatic carbocycles. The first-order valence-electron chi connectivity index (χ1n) is 6.53. The minimum Gasteiger partial charge on any atom is -0.383 e. The number of nitrogens with one attached hydrogen (secondary N) is 1. The van der Waals surface area contributed by atoms with E-state index in [1.165, 1.54) is 11.3 Å². The topological polar surface area (TPSA) is 67.2 Å². The Morgan fingerprint density at radius 2 is 2.35 bits per heavy atom. The highest BCUT2D eigenvalue weighted by Gasteiger charge is 2.25. The molecule has 108 valence electrons. The number of amides is 1. The van der Waals surface area contributed by atoms with Gasteiger partial charge >= 0.3 is 0 Å². The highest BCUT2D eigenvalue weighted by atomic mass is 32.1. The Kier molecular flexibility index (Phi) is 4.25. The molecule has 0 saturated heterocycles. The maximum absolute atomic E-state index is 12.2. The van der Waals surface area contributed by atoms with Crippen LogP contribution in [0.4, 0.5) is 0 Å². The van der Waals surface area contributed by atoms with E-state index in [0.29, 0.717) is 12.2 Å². The summed E-state index contributed by atoms with van der Waals surface area (Å²) in [6.45, 7) is 6.29. The fraction of sp³-hybridized carbons (Fsp3) is 0.429. The molecule has 0 saturated carbocycles. The van der Waals surface area contributed by atoms with Gasteiger partial charge in [-0.1, -0.05) is 6.07 Å². The van der Waals surface area contributed by atoms with Gasteiger partial charge in [-0.2, -0.15) is 5.10 Å². The van der Waals surface area contributed by atoms with E-state index in [1.54, 1.807) is 17.7 Å². The fourth-order valence-electron chi connectivity index (χ4n) is 1.98. The zero-order chi connectivity index (χ0) is 14.8. The van der Waals surface area contributed by atoms with Crippen molar-refractivity contribution in [1.82, 2.24) is 15.1 Å². The van der Waals surface area contributed by atoms with Crippen LogP contribution < -0.4 is 5.32 Å². The largest absolute Gasteiger partial charge is 0.383 e. The Morgan fingerprint density at radius 1 is 1.60 bits per heavy atom. The smallest absolute Gasteiger partial charge is 0.269 e. The molecule has 0 aliphatic rings. The molecule has 0 aliphatic carbocycles. The third-order valence-electron chi connectivity index (χ3n) is 3.08. The number of nitrogens with zero attached hydrogens (tertiary/aromatic N) is 2. The lowest BCUT2D eigenvalue weighted by Gasteiger charge is -2.22. The summed E-state index contributed by atoms with van der Waals surface area (Å²) in [5.74, 6) is -0.218. The minimum atomic E-state index is -1.06. The maximum Gasteiger partial charge on any atom is 0.269 e. The number of carbonyl (C=O) groups excluding carboxylic acids is 1. The summed E-state index contributed by atoms with van der Waals surface area (Å²) in [7, 11) is 0. The van der Waals surface area contributed by atoms with Crippen LogP contribution in [0.1, 0.15) is 34.9 Å². The van der Waals surface area contributed by atoms with Gasteiger partial charge in [-0.05, 0) is 38.3 Å². The summed E-state index contributed by atoms with van der Waals surface area (Å²) >= 11 is 1.47. The zero-order valence-electron chi connectivity index (χ0n) is 11.9. The predicted molar refractivity (Wildman–Crippen MR) is 78.9 cm³/mol. The first kappa shape index (κ1) is 14.7. The molecule has 0 spiro atoms. The van der Waals surface area contributed by atoms with Crippen LogP contribution in [0.2, 0.25) is 0 Å².